The van der Waals surface area contributed by atoms with Gasteiger partial charge < -0.3 is 20.3 Å². The highest BCUT2D eigenvalue weighted by Crippen LogP contribution is 2.36. The third-order valence-corrected chi connectivity index (χ3v) is 6.31. The summed E-state index contributed by atoms with van der Waals surface area (Å²) in [5.41, 5.74) is 0.0523. The van der Waals surface area contributed by atoms with Crippen LogP contribution in [0.3, 0.4) is 0 Å². The summed E-state index contributed by atoms with van der Waals surface area (Å²) in [6.07, 6.45) is 10.1. The van der Waals surface area contributed by atoms with Crippen LogP contribution in [0, 0.1) is 5.41 Å². The van der Waals surface area contributed by atoms with E-state index in [-0.39, 0.29) is 16.9 Å². The first-order chi connectivity index (χ1) is 12.6. The number of rotatable bonds is 5. The lowest BCUT2D eigenvalue weighted by molar-refractivity contribution is -0.119. The number of amides is 1. The van der Waals surface area contributed by atoms with E-state index in [1.54, 1.807) is 0 Å². The van der Waals surface area contributed by atoms with Crippen LogP contribution in [0.1, 0.15) is 64.7 Å². The van der Waals surface area contributed by atoms with Gasteiger partial charge in [0, 0.05) is 51.7 Å². The van der Waals surface area contributed by atoms with Gasteiger partial charge in [-0.3, -0.25) is 9.79 Å². The zero-order valence-electron chi connectivity index (χ0n) is 16.6. The summed E-state index contributed by atoms with van der Waals surface area (Å²) in [7, 11) is 1.86. The Bertz CT molecular complexity index is 516. The van der Waals surface area contributed by atoms with Crippen LogP contribution in [0.5, 0.6) is 0 Å². The standard InChI is InChI=1S/C20H36N4O2/c1-3-12-26-20(9-5-4-6-10-20)15-23-18(21-2)24-11-7-8-19(16-24)13-17(25)22-14-19/h3-16H2,1-2H3,(H,21,23)(H,22,25). The molecule has 2 aliphatic heterocycles. The van der Waals surface area contributed by atoms with E-state index in [1.165, 1.54) is 19.3 Å². The van der Waals surface area contributed by atoms with Crippen molar-refractivity contribution in [3.05, 3.63) is 0 Å². The monoisotopic (exact) mass is 364 g/mol. The Kier molecular flexibility index (Phi) is 6.43. The molecule has 0 aromatic rings. The largest absolute Gasteiger partial charge is 0.373 e. The predicted octanol–water partition coefficient (Wildman–Crippen LogP) is 2.29. The second-order valence-corrected chi connectivity index (χ2v) is 8.47. The van der Waals surface area contributed by atoms with Gasteiger partial charge in [0.15, 0.2) is 5.96 Å². The van der Waals surface area contributed by atoms with E-state index in [0.717, 1.165) is 70.8 Å². The Balaban J connectivity index is 1.60. The Hall–Kier alpha value is -1.30. The predicted molar refractivity (Wildman–Crippen MR) is 104 cm³/mol. The second-order valence-electron chi connectivity index (χ2n) is 8.47. The lowest BCUT2D eigenvalue weighted by Gasteiger charge is -2.42. The molecule has 1 unspecified atom stereocenters. The fraction of sp³-hybridized carbons (Fsp3) is 0.900. The molecule has 2 N–H and O–H groups in total. The highest BCUT2D eigenvalue weighted by molar-refractivity contribution is 5.81. The molecule has 1 spiro atoms. The minimum absolute atomic E-state index is 0.0391. The van der Waals surface area contributed by atoms with E-state index in [9.17, 15) is 4.79 Å². The van der Waals surface area contributed by atoms with Crippen LogP contribution in [0.2, 0.25) is 0 Å². The summed E-state index contributed by atoms with van der Waals surface area (Å²) >= 11 is 0. The molecule has 1 aliphatic carbocycles. The maximum atomic E-state index is 11.7. The van der Waals surface area contributed by atoms with Gasteiger partial charge >= 0.3 is 0 Å². The molecule has 3 rings (SSSR count). The van der Waals surface area contributed by atoms with Crippen molar-refractivity contribution in [1.82, 2.24) is 15.5 Å². The number of ether oxygens (including phenoxy) is 1. The first-order valence-corrected chi connectivity index (χ1v) is 10.5. The fourth-order valence-electron chi connectivity index (χ4n) is 4.89. The van der Waals surface area contributed by atoms with Crippen molar-refractivity contribution >= 4 is 11.9 Å². The third kappa shape index (κ3) is 4.51. The maximum Gasteiger partial charge on any atom is 0.220 e. The van der Waals surface area contributed by atoms with Gasteiger partial charge in [-0.15, -0.1) is 0 Å². The lowest BCUT2D eigenvalue weighted by atomic mass is 9.79. The molecular weight excluding hydrogens is 328 g/mol. The van der Waals surface area contributed by atoms with Gasteiger partial charge in [-0.25, -0.2) is 0 Å². The maximum absolute atomic E-state index is 11.7. The molecule has 0 bridgehead atoms. The molecule has 2 heterocycles. The normalized spacial score (nSPS) is 29.1. The number of hydrogen-bond donors (Lipinski definition) is 2. The molecule has 6 heteroatoms. The molecule has 3 fully saturated rings. The van der Waals surface area contributed by atoms with Gasteiger partial charge in [-0.1, -0.05) is 26.2 Å². The van der Waals surface area contributed by atoms with Crippen molar-refractivity contribution in [2.24, 2.45) is 10.4 Å². The van der Waals surface area contributed by atoms with Crippen LogP contribution in [0.15, 0.2) is 4.99 Å². The van der Waals surface area contributed by atoms with Crippen LogP contribution in [-0.2, 0) is 9.53 Å². The van der Waals surface area contributed by atoms with Gasteiger partial charge in [0.2, 0.25) is 5.91 Å². The Labute approximate surface area is 158 Å². The average molecular weight is 365 g/mol. The summed E-state index contributed by atoms with van der Waals surface area (Å²) in [6.45, 7) is 6.57. The molecule has 6 nitrogen and oxygen atoms in total. The molecular formula is C20H36N4O2. The zero-order chi connectivity index (χ0) is 18.5. The number of aliphatic imine (C=N–C) groups is 1. The SMILES string of the molecule is CCCOC1(CNC(=NC)N2CCCC3(CNC(=O)C3)C2)CCCCC1. The van der Waals surface area contributed by atoms with Gasteiger partial charge in [-0.2, -0.15) is 0 Å². The number of nitrogens with one attached hydrogen (secondary N) is 2. The van der Waals surface area contributed by atoms with Gasteiger partial charge in [0.25, 0.3) is 0 Å². The summed E-state index contributed by atoms with van der Waals surface area (Å²) in [6, 6.07) is 0. The van der Waals surface area contributed by atoms with Gasteiger partial charge in [-0.05, 0) is 32.1 Å². The van der Waals surface area contributed by atoms with E-state index in [0.29, 0.717) is 6.42 Å². The molecule has 1 atom stereocenters. The van der Waals surface area contributed by atoms with Gasteiger partial charge in [0.05, 0.1) is 5.60 Å². The number of nitrogens with zero attached hydrogens (tertiary/aromatic N) is 2. The van der Waals surface area contributed by atoms with Crippen LogP contribution in [-0.4, -0.2) is 62.2 Å². The number of piperidine rings is 1. The Morgan fingerprint density at radius 1 is 1.27 bits per heavy atom. The van der Waals surface area contributed by atoms with E-state index < -0.39 is 0 Å². The molecule has 1 amide bonds. The van der Waals surface area contributed by atoms with E-state index in [2.05, 4.69) is 27.4 Å². The molecule has 1 saturated carbocycles. The molecule has 148 valence electrons. The lowest BCUT2D eigenvalue weighted by Crippen LogP contribution is -2.54. The minimum atomic E-state index is -0.0391. The molecule has 0 aromatic carbocycles. The molecule has 2 saturated heterocycles. The number of guanidine groups is 1. The van der Waals surface area contributed by atoms with Crippen LogP contribution < -0.4 is 10.6 Å². The minimum Gasteiger partial charge on any atom is -0.373 e. The summed E-state index contributed by atoms with van der Waals surface area (Å²) in [4.78, 5) is 18.6. The van der Waals surface area contributed by atoms with Crippen LogP contribution in [0.25, 0.3) is 0 Å². The van der Waals surface area contributed by atoms with E-state index in [4.69, 9.17) is 4.74 Å². The van der Waals surface area contributed by atoms with Crippen LogP contribution >= 0.6 is 0 Å². The quantitative estimate of drug-likeness (QED) is 0.580. The molecule has 3 aliphatic rings. The highest BCUT2D eigenvalue weighted by atomic mass is 16.5. The number of likely N-dealkylation sites (tertiary alicyclic amines) is 1. The first kappa shape index (κ1) is 19.5. The van der Waals surface area contributed by atoms with Crippen molar-refractivity contribution < 1.29 is 9.53 Å². The highest BCUT2D eigenvalue weighted by Gasteiger charge is 2.42. The zero-order valence-corrected chi connectivity index (χ0v) is 16.6. The molecule has 0 aromatic heterocycles. The third-order valence-electron chi connectivity index (χ3n) is 6.31. The Morgan fingerprint density at radius 2 is 2.08 bits per heavy atom. The summed E-state index contributed by atoms with van der Waals surface area (Å²) in [5.74, 6) is 1.16. The van der Waals surface area contributed by atoms with Crippen molar-refractivity contribution in [1.29, 1.82) is 0 Å². The van der Waals surface area contributed by atoms with E-state index in [1.807, 2.05) is 7.05 Å². The summed E-state index contributed by atoms with van der Waals surface area (Å²) < 4.78 is 6.32. The van der Waals surface area contributed by atoms with E-state index >= 15 is 0 Å². The Morgan fingerprint density at radius 3 is 2.73 bits per heavy atom. The number of carbonyl (C=O) groups excluding carboxylic acids is 1. The number of carbonyl (C=O) groups is 1. The van der Waals surface area contributed by atoms with Crippen molar-refractivity contribution in [3.8, 4) is 0 Å². The topological polar surface area (TPSA) is 66.0 Å². The first-order valence-electron chi connectivity index (χ1n) is 10.5. The summed E-state index contributed by atoms with van der Waals surface area (Å²) in [5, 5.41) is 6.65. The van der Waals surface area contributed by atoms with Crippen molar-refractivity contribution in [3.63, 3.8) is 0 Å². The smallest absolute Gasteiger partial charge is 0.220 e. The van der Waals surface area contributed by atoms with Crippen LogP contribution in [0.4, 0.5) is 0 Å². The number of hydrogen-bond acceptors (Lipinski definition) is 3. The fourth-order valence-corrected chi connectivity index (χ4v) is 4.89. The second kappa shape index (κ2) is 8.59. The van der Waals surface area contributed by atoms with Crippen molar-refractivity contribution in [2.45, 2.75) is 70.3 Å². The van der Waals surface area contributed by atoms with Gasteiger partial charge in [0.1, 0.15) is 0 Å². The van der Waals surface area contributed by atoms with Crippen molar-refractivity contribution in [2.75, 3.05) is 39.8 Å². The molecule has 0 radical (unpaired) electrons. The molecule has 26 heavy (non-hydrogen) atoms. The average Bonchev–Trinajstić information content (AvgIpc) is 3.01.